The zero-order valence-electron chi connectivity index (χ0n) is 8.86. The van der Waals surface area contributed by atoms with E-state index in [0.29, 0.717) is 12.2 Å². The minimum Gasteiger partial charge on any atom is -0.382 e. The van der Waals surface area contributed by atoms with Crippen molar-refractivity contribution in [1.82, 2.24) is 4.98 Å². The van der Waals surface area contributed by atoms with Crippen molar-refractivity contribution in [3.63, 3.8) is 0 Å². The largest absolute Gasteiger partial charge is 0.382 e. The van der Waals surface area contributed by atoms with Crippen LogP contribution in [-0.4, -0.2) is 11.5 Å². The van der Waals surface area contributed by atoms with Crippen molar-refractivity contribution in [3.05, 3.63) is 60.2 Å². The van der Waals surface area contributed by atoms with Crippen LogP contribution in [-0.2, 0) is 6.42 Å². The Kier molecular flexibility index (Phi) is 3.49. The molecule has 1 heterocycles. The predicted molar refractivity (Wildman–Crippen MR) is 62.8 cm³/mol. The van der Waals surface area contributed by atoms with Gasteiger partial charge in [0, 0.05) is 18.9 Å². The number of hydrogen-bond donors (Lipinski definition) is 1. The summed E-state index contributed by atoms with van der Waals surface area (Å²) in [7, 11) is 0. The van der Waals surface area contributed by atoms with E-state index >= 15 is 0 Å². The number of para-hydroxylation sites is 1. The second-order valence-electron chi connectivity index (χ2n) is 3.52. The number of rotatable bonds is 4. The summed E-state index contributed by atoms with van der Waals surface area (Å²) in [4.78, 5) is 4.03. The number of pyridine rings is 1. The summed E-state index contributed by atoms with van der Waals surface area (Å²) in [6.45, 7) is 0.701. The van der Waals surface area contributed by atoms with Crippen molar-refractivity contribution in [2.24, 2.45) is 0 Å². The molecule has 2 nitrogen and oxygen atoms in total. The van der Waals surface area contributed by atoms with Crippen LogP contribution >= 0.6 is 0 Å². The number of anilines is 1. The number of halogens is 1. The van der Waals surface area contributed by atoms with E-state index in [1.807, 2.05) is 24.4 Å². The first-order valence-electron chi connectivity index (χ1n) is 5.23. The molecule has 0 fully saturated rings. The second kappa shape index (κ2) is 5.26. The number of hydrogen-bond acceptors (Lipinski definition) is 2. The molecule has 3 heteroatoms. The van der Waals surface area contributed by atoms with Crippen LogP contribution in [0.3, 0.4) is 0 Å². The van der Waals surface area contributed by atoms with Crippen molar-refractivity contribution < 1.29 is 4.39 Å². The van der Waals surface area contributed by atoms with Crippen molar-refractivity contribution in [1.29, 1.82) is 0 Å². The molecule has 0 radical (unpaired) electrons. The number of nitrogens with zero attached hydrogens (tertiary/aromatic N) is 1. The molecule has 0 amide bonds. The highest BCUT2D eigenvalue weighted by Crippen LogP contribution is 2.12. The molecule has 1 aromatic carbocycles. The standard InChI is InChI=1S/C13H13FN2/c14-12-5-1-2-6-13(12)16-9-7-11-4-3-8-15-10-11/h1-6,8,10,16H,7,9H2. The lowest BCUT2D eigenvalue weighted by atomic mass is 10.2. The molecule has 0 unspecified atom stereocenters. The van der Waals surface area contributed by atoms with Crippen molar-refractivity contribution in [3.8, 4) is 0 Å². The summed E-state index contributed by atoms with van der Waals surface area (Å²) in [6, 6.07) is 10.6. The van der Waals surface area contributed by atoms with Gasteiger partial charge < -0.3 is 5.32 Å². The maximum atomic E-state index is 13.2. The average Bonchev–Trinajstić information content (AvgIpc) is 2.33. The van der Waals surface area contributed by atoms with Gasteiger partial charge in [-0.15, -0.1) is 0 Å². The summed E-state index contributed by atoms with van der Waals surface area (Å²) < 4.78 is 13.2. The normalized spacial score (nSPS) is 10.1. The van der Waals surface area contributed by atoms with E-state index in [0.717, 1.165) is 12.0 Å². The lowest BCUT2D eigenvalue weighted by Crippen LogP contribution is -2.06. The van der Waals surface area contributed by atoms with Crippen LogP contribution in [0, 0.1) is 5.82 Å². The summed E-state index contributed by atoms with van der Waals surface area (Å²) in [5, 5.41) is 3.06. The Morgan fingerprint density at radius 3 is 2.75 bits per heavy atom. The first kappa shape index (κ1) is 10.6. The smallest absolute Gasteiger partial charge is 0.146 e. The van der Waals surface area contributed by atoms with Crippen molar-refractivity contribution in [2.45, 2.75) is 6.42 Å². The van der Waals surface area contributed by atoms with Gasteiger partial charge in [0.15, 0.2) is 0 Å². The highest BCUT2D eigenvalue weighted by molar-refractivity contribution is 5.44. The van der Waals surface area contributed by atoms with Crippen LogP contribution < -0.4 is 5.32 Å². The molecule has 2 rings (SSSR count). The first-order chi connectivity index (χ1) is 7.86. The van der Waals surface area contributed by atoms with E-state index in [2.05, 4.69) is 10.3 Å². The monoisotopic (exact) mass is 216 g/mol. The van der Waals surface area contributed by atoms with Gasteiger partial charge in [-0.2, -0.15) is 0 Å². The van der Waals surface area contributed by atoms with Gasteiger partial charge in [0.2, 0.25) is 0 Å². The molecule has 2 aromatic rings. The number of aromatic nitrogens is 1. The lowest BCUT2D eigenvalue weighted by molar-refractivity contribution is 0.630. The topological polar surface area (TPSA) is 24.9 Å². The van der Waals surface area contributed by atoms with Gasteiger partial charge in [-0.25, -0.2) is 4.39 Å². The van der Waals surface area contributed by atoms with Gasteiger partial charge in [-0.3, -0.25) is 4.98 Å². The molecule has 0 aliphatic rings. The molecule has 0 aliphatic heterocycles. The minimum atomic E-state index is -0.214. The molecule has 1 N–H and O–H groups in total. The molecule has 0 saturated carbocycles. The molecule has 0 saturated heterocycles. The Balaban J connectivity index is 1.87. The van der Waals surface area contributed by atoms with Crippen LogP contribution in [0.25, 0.3) is 0 Å². The van der Waals surface area contributed by atoms with E-state index in [9.17, 15) is 4.39 Å². The fourth-order valence-electron chi connectivity index (χ4n) is 1.49. The fourth-order valence-corrected chi connectivity index (χ4v) is 1.49. The molecule has 0 aliphatic carbocycles. The Bertz CT molecular complexity index is 443. The third-order valence-electron chi connectivity index (χ3n) is 2.33. The van der Waals surface area contributed by atoms with E-state index in [1.54, 1.807) is 18.3 Å². The Labute approximate surface area is 94.2 Å². The highest BCUT2D eigenvalue weighted by Gasteiger charge is 1.98. The Morgan fingerprint density at radius 1 is 1.12 bits per heavy atom. The van der Waals surface area contributed by atoms with Crippen LogP contribution in [0.15, 0.2) is 48.8 Å². The number of benzene rings is 1. The SMILES string of the molecule is Fc1ccccc1NCCc1cccnc1. The van der Waals surface area contributed by atoms with Gasteiger partial charge in [0.1, 0.15) is 5.82 Å². The van der Waals surface area contributed by atoms with E-state index in [-0.39, 0.29) is 5.82 Å². The van der Waals surface area contributed by atoms with E-state index in [4.69, 9.17) is 0 Å². The summed E-state index contributed by atoms with van der Waals surface area (Å²) in [5.74, 6) is -0.214. The van der Waals surface area contributed by atoms with Gasteiger partial charge in [-0.05, 0) is 30.2 Å². The van der Waals surface area contributed by atoms with Crippen molar-refractivity contribution in [2.75, 3.05) is 11.9 Å². The predicted octanol–water partition coefficient (Wildman–Crippen LogP) is 2.88. The van der Waals surface area contributed by atoms with Crippen LogP contribution in [0.1, 0.15) is 5.56 Å². The summed E-state index contributed by atoms with van der Waals surface area (Å²) >= 11 is 0. The molecular weight excluding hydrogens is 203 g/mol. The third kappa shape index (κ3) is 2.79. The number of nitrogens with one attached hydrogen (secondary N) is 1. The quantitative estimate of drug-likeness (QED) is 0.850. The molecule has 0 spiro atoms. The highest BCUT2D eigenvalue weighted by atomic mass is 19.1. The zero-order valence-corrected chi connectivity index (χ0v) is 8.86. The van der Waals surface area contributed by atoms with E-state index in [1.165, 1.54) is 6.07 Å². The van der Waals surface area contributed by atoms with Crippen LogP contribution in [0.4, 0.5) is 10.1 Å². The van der Waals surface area contributed by atoms with Gasteiger partial charge >= 0.3 is 0 Å². The van der Waals surface area contributed by atoms with Gasteiger partial charge in [-0.1, -0.05) is 18.2 Å². The molecule has 0 atom stereocenters. The molecular formula is C13H13FN2. The van der Waals surface area contributed by atoms with Gasteiger partial charge in [0.05, 0.1) is 5.69 Å². The van der Waals surface area contributed by atoms with E-state index < -0.39 is 0 Å². The molecule has 1 aromatic heterocycles. The summed E-state index contributed by atoms with van der Waals surface area (Å²) in [5.41, 5.74) is 1.69. The van der Waals surface area contributed by atoms with Crippen molar-refractivity contribution >= 4 is 5.69 Å². The minimum absolute atomic E-state index is 0.214. The fraction of sp³-hybridized carbons (Fsp3) is 0.154. The lowest BCUT2D eigenvalue weighted by Gasteiger charge is -2.06. The maximum Gasteiger partial charge on any atom is 0.146 e. The maximum absolute atomic E-state index is 13.2. The Morgan fingerprint density at radius 2 is 2.00 bits per heavy atom. The zero-order chi connectivity index (χ0) is 11.2. The van der Waals surface area contributed by atoms with Crippen LogP contribution in [0.5, 0.6) is 0 Å². The molecule has 0 bridgehead atoms. The first-order valence-corrected chi connectivity index (χ1v) is 5.23. The van der Waals surface area contributed by atoms with Crippen LogP contribution in [0.2, 0.25) is 0 Å². The third-order valence-corrected chi connectivity index (χ3v) is 2.33. The molecule has 16 heavy (non-hydrogen) atoms. The second-order valence-corrected chi connectivity index (χ2v) is 3.52. The molecule has 82 valence electrons. The Hall–Kier alpha value is -1.90. The van der Waals surface area contributed by atoms with Gasteiger partial charge in [0.25, 0.3) is 0 Å². The summed E-state index contributed by atoms with van der Waals surface area (Å²) in [6.07, 6.45) is 4.40. The average molecular weight is 216 g/mol.